The van der Waals surface area contributed by atoms with Crippen molar-refractivity contribution in [3.63, 3.8) is 0 Å². The van der Waals surface area contributed by atoms with Crippen LogP contribution in [0.25, 0.3) is 5.69 Å². The van der Waals surface area contributed by atoms with Crippen molar-refractivity contribution < 1.29 is 9.53 Å². The number of ether oxygens (including phenoxy) is 1. The number of hydrogen-bond acceptors (Lipinski definition) is 5. The van der Waals surface area contributed by atoms with E-state index >= 15 is 0 Å². The van der Waals surface area contributed by atoms with Crippen LogP contribution in [-0.4, -0.2) is 28.3 Å². The number of benzene rings is 2. The first-order valence-corrected chi connectivity index (χ1v) is 9.82. The molecule has 0 aliphatic heterocycles. The van der Waals surface area contributed by atoms with Gasteiger partial charge in [0.25, 0.3) is 5.56 Å². The molecule has 0 unspecified atom stereocenters. The molecule has 0 radical (unpaired) electrons. The molecule has 9 heteroatoms. The lowest BCUT2D eigenvalue weighted by Crippen LogP contribution is -2.22. The summed E-state index contributed by atoms with van der Waals surface area (Å²) in [4.78, 5) is 28.9. The first kappa shape index (κ1) is 20.3. The smallest absolute Gasteiger partial charge is 0.287 e. The Bertz CT molecular complexity index is 1070. The zero-order chi connectivity index (χ0) is 20.1. The first-order chi connectivity index (χ1) is 13.5. The molecule has 0 aliphatic carbocycles. The molecule has 28 heavy (non-hydrogen) atoms. The lowest BCUT2D eigenvalue weighted by atomic mass is 10.3. The minimum Gasteiger partial charge on any atom is -0.495 e. The monoisotopic (exact) mass is 435 g/mol. The lowest BCUT2D eigenvalue weighted by molar-refractivity contribution is -0.113. The number of amides is 1. The molecule has 1 N–H and O–H groups in total. The van der Waals surface area contributed by atoms with Gasteiger partial charge in [-0.05, 0) is 36.4 Å². The molecule has 3 aromatic rings. The summed E-state index contributed by atoms with van der Waals surface area (Å²) in [7, 11) is 1.52. The quantitative estimate of drug-likeness (QED) is 0.584. The van der Waals surface area contributed by atoms with E-state index in [0.717, 1.165) is 11.8 Å². The van der Waals surface area contributed by atoms with E-state index in [1.165, 1.54) is 24.1 Å². The molecular weight excluding hydrogens is 421 g/mol. The van der Waals surface area contributed by atoms with Gasteiger partial charge in [0.05, 0.1) is 23.6 Å². The fraction of sp³-hybridized carbons (Fsp3) is 0.105. The largest absolute Gasteiger partial charge is 0.495 e. The van der Waals surface area contributed by atoms with Crippen LogP contribution in [0.15, 0.2) is 64.7 Å². The Labute approximate surface area is 175 Å². The number of hydrogen-bond donors (Lipinski definition) is 1. The average Bonchev–Trinajstić information content (AvgIpc) is 2.67. The van der Waals surface area contributed by atoms with Crippen LogP contribution in [0, 0.1) is 0 Å². The van der Waals surface area contributed by atoms with Crippen LogP contribution in [0.2, 0.25) is 10.0 Å². The van der Waals surface area contributed by atoms with E-state index in [2.05, 4.69) is 10.3 Å². The van der Waals surface area contributed by atoms with Crippen LogP contribution in [0.1, 0.15) is 0 Å². The summed E-state index contributed by atoms with van der Waals surface area (Å²) in [6.45, 7) is 0. The van der Waals surface area contributed by atoms with Gasteiger partial charge in [-0.3, -0.25) is 14.2 Å². The summed E-state index contributed by atoms with van der Waals surface area (Å²) >= 11 is 13.1. The molecule has 0 fully saturated rings. The molecule has 6 nitrogen and oxygen atoms in total. The summed E-state index contributed by atoms with van der Waals surface area (Å²) in [6, 6.07) is 11.8. The van der Waals surface area contributed by atoms with Gasteiger partial charge in [0.15, 0.2) is 5.03 Å². The molecule has 1 amide bonds. The van der Waals surface area contributed by atoms with Crippen LogP contribution < -0.4 is 15.6 Å². The Balaban J connectivity index is 1.73. The Hall–Kier alpha value is -2.48. The van der Waals surface area contributed by atoms with Gasteiger partial charge >= 0.3 is 0 Å². The van der Waals surface area contributed by atoms with E-state index in [-0.39, 0.29) is 22.2 Å². The van der Waals surface area contributed by atoms with Gasteiger partial charge in [-0.1, -0.05) is 41.0 Å². The van der Waals surface area contributed by atoms with E-state index in [1.54, 1.807) is 42.5 Å². The molecular formula is C19H15Cl2N3O3S. The van der Waals surface area contributed by atoms with Gasteiger partial charge in [-0.25, -0.2) is 4.98 Å². The van der Waals surface area contributed by atoms with Crippen LogP contribution in [0.3, 0.4) is 0 Å². The maximum Gasteiger partial charge on any atom is 0.287 e. The van der Waals surface area contributed by atoms with Crippen LogP contribution in [-0.2, 0) is 4.79 Å². The number of nitrogens with one attached hydrogen (secondary N) is 1. The zero-order valence-corrected chi connectivity index (χ0v) is 17.0. The van der Waals surface area contributed by atoms with Gasteiger partial charge < -0.3 is 10.1 Å². The van der Waals surface area contributed by atoms with Crippen LogP contribution in [0.4, 0.5) is 5.69 Å². The number of halogens is 2. The third kappa shape index (κ3) is 4.86. The van der Waals surface area contributed by atoms with E-state index in [1.807, 2.05) is 0 Å². The topological polar surface area (TPSA) is 73.2 Å². The first-order valence-electron chi connectivity index (χ1n) is 8.07. The summed E-state index contributed by atoms with van der Waals surface area (Å²) in [5.74, 6) is 0.276. The summed E-state index contributed by atoms with van der Waals surface area (Å²) < 4.78 is 6.53. The van der Waals surface area contributed by atoms with Gasteiger partial charge in [0, 0.05) is 23.1 Å². The number of anilines is 1. The number of rotatable bonds is 6. The Morgan fingerprint density at radius 2 is 2.07 bits per heavy atom. The lowest BCUT2D eigenvalue weighted by Gasteiger charge is -2.10. The molecule has 0 atom stereocenters. The van der Waals surface area contributed by atoms with E-state index in [4.69, 9.17) is 27.9 Å². The predicted molar refractivity (Wildman–Crippen MR) is 112 cm³/mol. The highest BCUT2D eigenvalue weighted by Gasteiger charge is 2.12. The number of thioether (sulfide) groups is 1. The highest BCUT2D eigenvalue weighted by Crippen LogP contribution is 2.26. The van der Waals surface area contributed by atoms with Crippen molar-refractivity contribution in [2.75, 3.05) is 18.2 Å². The van der Waals surface area contributed by atoms with Crippen molar-refractivity contribution in [3.05, 3.63) is 75.3 Å². The third-order valence-electron chi connectivity index (χ3n) is 3.67. The highest BCUT2D eigenvalue weighted by atomic mass is 35.5. The van der Waals surface area contributed by atoms with Gasteiger partial charge in [-0.15, -0.1) is 0 Å². The standard InChI is InChI=1S/C19H15Cl2N3O3S/c1-27-16-6-5-14(10-15(16)21)24-8-7-22-18(19(24)26)28-11-17(25)23-13-4-2-3-12(20)9-13/h2-10H,11H2,1H3,(H,23,25). The summed E-state index contributed by atoms with van der Waals surface area (Å²) in [5.41, 5.74) is 0.817. The highest BCUT2D eigenvalue weighted by molar-refractivity contribution is 7.99. The molecule has 0 spiro atoms. The van der Waals surface area contributed by atoms with Gasteiger partial charge in [0.2, 0.25) is 5.91 Å². The molecule has 0 aliphatic rings. The van der Waals surface area contributed by atoms with Crippen LogP contribution >= 0.6 is 35.0 Å². The third-order valence-corrected chi connectivity index (χ3v) is 5.16. The van der Waals surface area contributed by atoms with E-state index in [9.17, 15) is 9.59 Å². The zero-order valence-electron chi connectivity index (χ0n) is 14.7. The van der Waals surface area contributed by atoms with Crippen molar-refractivity contribution in [2.24, 2.45) is 0 Å². The molecule has 2 aromatic carbocycles. The molecule has 0 bridgehead atoms. The Kier molecular flexibility index (Phi) is 6.61. The molecule has 144 valence electrons. The fourth-order valence-electron chi connectivity index (χ4n) is 2.40. The second kappa shape index (κ2) is 9.14. The Morgan fingerprint density at radius 3 is 2.79 bits per heavy atom. The number of carbonyl (C=O) groups is 1. The number of carbonyl (C=O) groups excluding carboxylic acids is 1. The maximum absolute atomic E-state index is 12.7. The molecule has 0 saturated carbocycles. The van der Waals surface area contributed by atoms with E-state index in [0.29, 0.717) is 27.2 Å². The second-order valence-electron chi connectivity index (χ2n) is 5.57. The van der Waals surface area contributed by atoms with Crippen molar-refractivity contribution in [1.29, 1.82) is 0 Å². The molecule has 1 heterocycles. The SMILES string of the molecule is COc1ccc(-n2ccnc(SCC(=O)Nc3cccc(Cl)c3)c2=O)cc1Cl. The fourth-order valence-corrected chi connectivity index (χ4v) is 3.54. The number of aromatic nitrogens is 2. The minimum absolute atomic E-state index is 0.0299. The Morgan fingerprint density at radius 1 is 1.25 bits per heavy atom. The normalized spacial score (nSPS) is 10.5. The van der Waals surface area contributed by atoms with Crippen molar-refractivity contribution in [1.82, 2.24) is 9.55 Å². The van der Waals surface area contributed by atoms with Crippen molar-refractivity contribution in [3.8, 4) is 11.4 Å². The van der Waals surface area contributed by atoms with Crippen molar-refractivity contribution in [2.45, 2.75) is 5.03 Å². The molecule has 1 aromatic heterocycles. The van der Waals surface area contributed by atoms with E-state index < -0.39 is 0 Å². The predicted octanol–water partition coefficient (Wildman–Crippen LogP) is 4.28. The summed E-state index contributed by atoms with van der Waals surface area (Å²) in [6.07, 6.45) is 3.04. The maximum atomic E-state index is 12.7. The number of nitrogens with zero attached hydrogens (tertiary/aromatic N) is 2. The average molecular weight is 436 g/mol. The number of methoxy groups -OCH3 is 1. The van der Waals surface area contributed by atoms with Gasteiger partial charge in [-0.2, -0.15) is 0 Å². The molecule has 0 saturated heterocycles. The second-order valence-corrected chi connectivity index (χ2v) is 7.38. The van der Waals surface area contributed by atoms with Crippen molar-refractivity contribution >= 4 is 46.6 Å². The summed E-state index contributed by atoms with van der Waals surface area (Å²) in [5, 5.41) is 3.84. The van der Waals surface area contributed by atoms with Gasteiger partial charge in [0.1, 0.15) is 5.75 Å². The molecule has 3 rings (SSSR count). The van der Waals surface area contributed by atoms with Crippen LogP contribution in [0.5, 0.6) is 5.75 Å². The minimum atomic E-state index is -0.343.